The van der Waals surface area contributed by atoms with Crippen LogP contribution in [0.5, 0.6) is 0 Å². The summed E-state index contributed by atoms with van der Waals surface area (Å²) in [5.74, 6) is 1.11. The van der Waals surface area contributed by atoms with E-state index in [-0.39, 0.29) is 0 Å². The number of benzene rings is 1. The average Bonchev–Trinajstić information content (AvgIpc) is 3.01. The molecule has 1 aliphatic rings. The smallest absolute Gasteiger partial charge is 0.122 e. The third kappa shape index (κ3) is 4.66. The van der Waals surface area contributed by atoms with Gasteiger partial charge in [0.15, 0.2) is 0 Å². The summed E-state index contributed by atoms with van der Waals surface area (Å²) in [6.07, 6.45) is 3.89. The van der Waals surface area contributed by atoms with Gasteiger partial charge in [0.2, 0.25) is 0 Å². The molecule has 1 aromatic carbocycles. The van der Waals surface area contributed by atoms with Crippen LogP contribution in [-0.4, -0.2) is 58.2 Å². The highest BCUT2D eigenvalue weighted by atomic mass is 16.5. The van der Waals surface area contributed by atoms with Gasteiger partial charge in [-0.25, -0.2) is 4.98 Å². The lowest BCUT2D eigenvalue weighted by molar-refractivity contribution is 0.0222. The topological polar surface area (TPSA) is 33.5 Å². The molecule has 1 saturated heterocycles. The van der Waals surface area contributed by atoms with Crippen molar-refractivity contribution < 1.29 is 4.74 Å². The predicted molar refractivity (Wildman–Crippen MR) is 95.6 cm³/mol. The van der Waals surface area contributed by atoms with E-state index in [0.29, 0.717) is 6.04 Å². The van der Waals surface area contributed by atoms with Crippen LogP contribution in [0.1, 0.15) is 18.3 Å². The zero-order valence-electron chi connectivity index (χ0n) is 14.8. The number of nitrogens with zero attached hydrogens (tertiary/aromatic N) is 4. The molecule has 0 N–H and O–H groups in total. The summed E-state index contributed by atoms with van der Waals surface area (Å²) in [6.45, 7) is 8.97. The van der Waals surface area contributed by atoms with Crippen molar-refractivity contribution in [3.63, 3.8) is 0 Å². The molecule has 0 radical (unpaired) electrons. The maximum atomic E-state index is 5.47. The summed E-state index contributed by atoms with van der Waals surface area (Å²) in [6, 6.07) is 11.2. The minimum absolute atomic E-state index is 0.458. The first-order chi connectivity index (χ1) is 11.7. The summed E-state index contributed by atoms with van der Waals surface area (Å²) in [5.41, 5.74) is 1.35. The van der Waals surface area contributed by atoms with Crippen molar-refractivity contribution in [3.05, 3.63) is 54.1 Å². The molecule has 0 aliphatic carbocycles. The number of imidazole rings is 1. The van der Waals surface area contributed by atoms with E-state index in [1.165, 1.54) is 5.56 Å². The molecule has 0 bridgehead atoms. The second-order valence-electron chi connectivity index (χ2n) is 6.61. The van der Waals surface area contributed by atoms with Crippen molar-refractivity contribution in [3.8, 4) is 0 Å². The molecule has 2 heterocycles. The Kier molecular flexibility index (Phi) is 6.01. The van der Waals surface area contributed by atoms with Crippen LogP contribution in [0.25, 0.3) is 0 Å². The zero-order chi connectivity index (χ0) is 16.8. The monoisotopic (exact) mass is 328 g/mol. The van der Waals surface area contributed by atoms with Gasteiger partial charge in [0.05, 0.1) is 19.8 Å². The molecule has 5 nitrogen and oxygen atoms in total. The number of morpholine rings is 1. The van der Waals surface area contributed by atoms with Gasteiger partial charge in [-0.3, -0.25) is 9.80 Å². The Morgan fingerprint density at radius 1 is 1.17 bits per heavy atom. The molecular formula is C19H28N4O. The van der Waals surface area contributed by atoms with E-state index in [1.54, 1.807) is 0 Å². The molecule has 3 rings (SSSR count). The van der Waals surface area contributed by atoms with Gasteiger partial charge in [-0.05, 0) is 12.5 Å². The number of aromatic nitrogens is 2. The Morgan fingerprint density at radius 2 is 1.92 bits per heavy atom. The number of rotatable bonds is 7. The molecule has 24 heavy (non-hydrogen) atoms. The molecule has 0 spiro atoms. The fourth-order valence-electron chi connectivity index (χ4n) is 3.19. The molecule has 1 aromatic heterocycles. The van der Waals surface area contributed by atoms with Crippen LogP contribution in [0.3, 0.4) is 0 Å². The van der Waals surface area contributed by atoms with Crippen LogP contribution in [-0.2, 0) is 24.9 Å². The Bertz CT molecular complexity index is 607. The van der Waals surface area contributed by atoms with Gasteiger partial charge >= 0.3 is 0 Å². The Labute approximate surface area is 144 Å². The summed E-state index contributed by atoms with van der Waals surface area (Å²) in [5, 5.41) is 0. The summed E-state index contributed by atoms with van der Waals surface area (Å²) in [4.78, 5) is 9.54. The van der Waals surface area contributed by atoms with E-state index in [2.05, 4.69) is 63.7 Å². The molecule has 0 amide bonds. The van der Waals surface area contributed by atoms with Crippen LogP contribution in [0.15, 0.2) is 42.7 Å². The molecule has 1 fully saturated rings. The first-order valence-corrected chi connectivity index (χ1v) is 8.76. The van der Waals surface area contributed by atoms with Crippen molar-refractivity contribution in [2.45, 2.75) is 26.1 Å². The van der Waals surface area contributed by atoms with E-state index < -0.39 is 0 Å². The van der Waals surface area contributed by atoms with Crippen molar-refractivity contribution in [1.29, 1.82) is 0 Å². The molecule has 0 unspecified atom stereocenters. The molecule has 1 aliphatic heterocycles. The molecule has 130 valence electrons. The van der Waals surface area contributed by atoms with Crippen LogP contribution in [0.2, 0.25) is 0 Å². The molecular weight excluding hydrogens is 300 g/mol. The van der Waals surface area contributed by atoms with Crippen molar-refractivity contribution in [2.75, 3.05) is 32.8 Å². The van der Waals surface area contributed by atoms with Gasteiger partial charge in [0.1, 0.15) is 5.82 Å². The lowest BCUT2D eigenvalue weighted by Gasteiger charge is -2.35. The highest BCUT2D eigenvalue weighted by Crippen LogP contribution is 2.14. The second-order valence-corrected chi connectivity index (χ2v) is 6.61. The molecule has 5 heteroatoms. The van der Waals surface area contributed by atoms with Crippen molar-refractivity contribution in [1.82, 2.24) is 19.4 Å². The van der Waals surface area contributed by atoms with E-state index >= 15 is 0 Å². The SMILES string of the molecule is C[C@@H](CN1CCOCC1)N(Cc1ccccc1)Cc1nccn1C. The standard InChI is InChI=1S/C19H28N4O/c1-17(14-22-10-12-24-13-11-22)23(15-18-6-4-3-5-7-18)16-19-20-8-9-21(19)2/h3-9,17H,10-16H2,1-2H3/t17-/m0/s1. The van der Waals surface area contributed by atoms with Gasteiger partial charge in [0, 0.05) is 51.7 Å². The largest absolute Gasteiger partial charge is 0.379 e. The minimum Gasteiger partial charge on any atom is -0.379 e. The Hall–Kier alpha value is -1.69. The molecule has 0 saturated carbocycles. The maximum Gasteiger partial charge on any atom is 0.122 e. The fraction of sp³-hybridized carbons (Fsp3) is 0.526. The van der Waals surface area contributed by atoms with Gasteiger partial charge in [-0.1, -0.05) is 30.3 Å². The quantitative estimate of drug-likeness (QED) is 0.780. The zero-order valence-corrected chi connectivity index (χ0v) is 14.8. The number of hydrogen-bond acceptors (Lipinski definition) is 4. The molecule has 1 atom stereocenters. The Balaban J connectivity index is 1.69. The van der Waals surface area contributed by atoms with E-state index in [4.69, 9.17) is 4.74 Å². The lowest BCUT2D eigenvalue weighted by atomic mass is 10.1. The third-order valence-electron chi connectivity index (χ3n) is 4.74. The van der Waals surface area contributed by atoms with Crippen LogP contribution < -0.4 is 0 Å². The summed E-state index contributed by atoms with van der Waals surface area (Å²) < 4.78 is 7.58. The van der Waals surface area contributed by atoms with Gasteiger partial charge in [-0.15, -0.1) is 0 Å². The fourth-order valence-corrected chi connectivity index (χ4v) is 3.19. The highest BCUT2D eigenvalue weighted by molar-refractivity contribution is 5.14. The lowest BCUT2D eigenvalue weighted by Crippen LogP contribution is -2.46. The van der Waals surface area contributed by atoms with Gasteiger partial charge in [-0.2, -0.15) is 0 Å². The van der Waals surface area contributed by atoms with E-state index in [9.17, 15) is 0 Å². The average molecular weight is 328 g/mol. The Morgan fingerprint density at radius 3 is 2.58 bits per heavy atom. The maximum absolute atomic E-state index is 5.47. The predicted octanol–water partition coefficient (Wildman–Crippen LogP) is 2.14. The van der Waals surface area contributed by atoms with Crippen LogP contribution in [0, 0.1) is 0 Å². The van der Waals surface area contributed by atoms with Crippen LogP contribution >= 0.6 is 0 Å². The van der Waals surface area contributed by atoms with Crippen molar-refractivity contribution in [2.24, 2.45) is 7.05 Å². The number of ether oxygens (including phenoxy) is 1. The van der Waals surface area contributed by atoms with Crippen molar-refractivity contribution >= 4 is 0 Å². The van der Waals surface area contributed by atoms with Crippen LogP contribution in [0.4, 0.5) is 0 Å². The normalized spacial score (nSPS) is 17.3. The summed E-state index contributed by atoms with van der Waals surface area (Å²) >= 11 is 0. The first kappa shape index (κ1) is 17.1. The third-order valence-corrected chi connectivity index (χ3v) is 4.74. The highest BCUT2D eigenvalue weighted by Gasteiger charge is 2.20. The second kappa shape index (κ2) is 8.42. The first-order valence-electron chi connectivity index (χ1n) is 8.76. The van der Waals surface area contributed by atoms with E-state index in [0.717, 1.165) is 51.8 Å². The number of hydrogen-bond donors (Lipinski definition) is 0. The number of aryl methyl sites for hydroxylation is 1. The molecule has 2 aromatic rings. The summed E-state index contributed by atoms with van der Waals surface area (Å²) in [7, 11) is 2.07. The minimum atomic E-state index is 0.458. The van der Waals surface area contributed by atoms with Gasteiger partial charge in [0.25, 0.3) is 0 Å². The van der Waals surface area contributed by atoms with E-state index in [1.807, 2.05) is 12.4 Å². The van der Waals surface area contributed by atoms with Gasteiger partial charge < -0.3 is 9.30 Å².